The number of benzene rings is 1. The molecule has 0 spiro atoms. The summed E-state index contributed by atoms with van der Waals surface area (Å²) in [5.74, 6) is 0. The summed E-state index contributed by atoms with van der Waals surface area (Å²) in [7, 11) is 0. The van der Waals surface area contributed by atoms with Gasteiger partial charge in [-0.3, -0.25) is 0 Å². The molecular formula is C12H17N. The van der Waals surface area contributed by atoms with Gasteiger partial charge in [0, 0.05) is 6.54 Å². The Balaban J connectivity index is 2.48. The van der Waals surface area contributed by atoms with Crippen molar-refractivity contribution in [3.63, 3.8) is 0 Å². The third-order valence-corrected chi connectivity index (χ3v) is 3.06. The lowest BCUT2D eigenvalue weighted by Crippen LogP contribution is -2.24. The van der Waals surface area contributed by atoms with Crippen LogP contribution in [-0.4, -0.2) is 6.54 Å². The molecule has 0 aliphatic carbocycles. The summed E-state index contributed by atoms with van der Waals surface area (Å²) in [5, 5.41) is 3.41. The van der Waals surface area contributed by atoms with Crippen LogP contribution in [0.2, 0.25) is 0 Å². The Bertz CT molecular complexity index is 315. The monoisotopic (exact) mass is 175 g/mol. The first-order valence-corrected chi connectivity index (χ1v) is 5.14. The minimum Gasteiger partial charge on any atom is -0.312 e. The summed E-state index contributed by atoms with van der Waals surface area (Å²) in [4.78, 5) is 0. The maximum Gasteiger partial charge on any atom is 0.0208 e. The third-order valence-electron chi connectivity index (χ3n) is 3.06. The van der Waals surface area contributed by atoms with Gasteiger partial charge in [-0.2, -0.15) is 0 Å². The van der Waals surface area contributed by atoms with E-state index < -0.39 is 0 Å². The molecule has 0 amide bonds. The molecule has 1 N–H and O–H groups in total. The normalized spacial score (nSPS) is 15.5. The van der Waals surface area contributed by atoms with Crippen molar-refractivity contribution >= 4 is 0 Å². The second-order valence-electron chi connectivity index (χ2n) is 3.77. The van der Waals surface area contributed by atoms with E-state index in [-0.39, 0.29) is 0 Å². The van der Waals surface area contributed by atoms with Gasteiger partial charge in [-0.1, -0.05) is 19.1 Å². The van der Waals surface area contributed by atoms with E-state index in [4.69, 9.17) is 0 Å². The van der Waals surface area contributed by atoms with Crippen molar-refractivity contribution in [2.24, 2.45) is 0 Å². The minimum absolute atomic E-state index is 1.06. The van der Waals surface area contributed by atoms with Gasteiger partial charge >= 0.3 is 0 Å². The molecule has 0 saturated carbocycles. The zero-order valence-electron chi connectivity index (χ0n) is 8.48. The van der Waals surface area contributed by atoms with Gasteiger partial charge in [0.25, 0.3) is 0 Å². The molecule has 1 heterocycles. The molecule has 2 rings (SSSR count). The van der Waals surface area contributed by atoms with Crippen molar-refractivity contribution in [2.45, 2.75) is 33.2 Å². The van der Waals surface area contributed by atoms with Gasteiger partial charge in [0.2, 0.25) is 0 Å². The van der Waals surface area contributed by atoms with Crippen LogP contribution in [0, 0.1) is 6.92 Å². The van der Waals surface area contributed by atoms with Crippen LogP contribution in [0.25, 0.3) is 0 Å². The Morgan fingerprint density at radius 3 is 3.00 bits per heavy atom. The first kappa shape index (κ1) is 8.76. The molecule has 0 atom stereocenters. The van der Waals surface area contributed by atoms with E-state index in [1.54, 1.807) is 5.56 Å². The van der Waals surface area contributed by atoms with Gasteiger partial charge in [-0.15, -0.1) is 0 Å². The first-order valence-electron chi connectivity index (χ1n) is 5.14. The maximum absolute atomic E-state index is 3.41. The molecule has 1 nitrogen and oxygen atoms in total. The van der Waals surface area contributed by atoms with E-state index in [0.717, 1.165) is 19.5 Å². The fourth-order valence-electron chi connectivity index (χ4n) is 2.19. The van der Waals surface area contributed by atoms with Gasteiger partial charge in [-0.25, -0.2) is 0 Å². The van der Waals surface area contributed by atoms with E-state index >= 15 is 0 Å². The number of fused-ring (bicyclic) bond motifs is 1. The zero-order valence-corrected chi connectivity index (χ0v) is 8.48. The van der Waals surface area contributed by atoms with E-state index in [2.05, 4.69) is 31.3 Å². The molecule has 1 aliphatic heterocycles. The lowest BCUT2D eigenvalue weighted by atomic mass is 9.92. The second kappa shape index (κ2) is 3.51. The Morgan fingerprint density at radius 1 is 1.38 bits per heavy atom. The molecule has 70 valence electrons. The highest BCUT2D eigenvalue weighted by Crippen LogP contribution is 2.21. The summed E-state index contributed by atoms with van der Waals surface area (Å²) in [6.07, 6.45) is 2.36. The number of rotatable bonds is 1. The van der Waals surface area contributed by atoms with E-state index in [1.165, 1.54) is 23.1 Å². The van der Waals surface area contributed by atoms with E-state index in [9.17, 15) is 0 Å². The molecule has 1 aromatic rings. The number of aryl methyl sites for hydroxylation is 1. The Morgan fingerprint density at radius 2 is 2.23 bits per heavy atom. The summed E-state index contributed by atoms with van der Waals surface area (Å²) in [6, 6.07) is 4.56. The van der Waals surface area contributed by atoms with Crippen LogP contribution in [0.15, 0.2) is 12.1 Å². The highest BCUT2D eigenvalue weighted by molar-refractivity contribution is 5.41. The predicted molar refractivity (Wildman–Crippen MR) is 56.0 cm³/mol. The molecule has 1 heteroatoms. The molecule has 0 saturated heterocycles. The van der Waals surface area contributed by atoms with Crippen molar-refractivity contribution < 1.29 is 0 Å². The maximum atomic E-state index is 3.41. The fourth-order valence-corrected chi connectivity index (χ4v) is 2.19. The van der Waals surface area contributed by atoms with Gasteiger partial charge < -0.3 is 5.32 Å². The molecule has 1 aromatic carbocycles. The van der Waals surface area contributed by atoms with Crippen LogP contribution >= 0.6 is 0 Å². The third kappa shape index (κ3) is 1.49. The molecule has 0 fully saturated rings. The zero-order chi connectivity index (χ0) is 9.26. The van der Waals surface area contributed by atoms with Crippen LogP contribution in [-0.2, 0) is 19.4 Å². The molecule has 0 aromatic heterocycles. The molecule has 0 radical (unpaired) electrons. The largest absolute Gasteiger partial charge is 0.312 e. The average molecular weight is 175 g/mol. The highest BCUT2D eigenvalue weighted by atomic mass is 14.9. The topological polar surface area (TPSA) is 12.0 Å². The van der Waals surface area contributed by atoms with Gasteiger partial charge in [0.05, 0.1) is 0 Å². The number of hydrogen-bond acceptors (Lipinski definition) is 1. The number of nitrogens with one attached hydrogen (secondary N) is 1. The number of hydrogen-bond donors (Lipinski definition) is 1. The molecule has 0 bridgehead atoms. The summed E-state index contributed by atoms with van der Waals surface area (Å²) in [6.45, 7) is 6.69. The quantitative estimate of drug-likeness (QED) is 0.690. The van der Waals surface area contributed by atoms with Crippen molar-refractivity contribution in [1.82, 2.24) is 5.32 Å². The standard InChI is InChI=1S/C12H17N/c1-3-10-4-5-11-8-13-7-6-12(11)9(10)2/h4-5,13H,3,6-8H2,1-2H3. The first-order chi connectivity index (χ1) is 6.33. The minimum atomic E-state index is 1.06. The van der Waals surface area contributed by atoms with Gasteiger partial charge in [0.15, 0.2) is 0 Å². The SMILES string of the molecule is CCc1ccc2c(c1C)CCNC2. The van der Waals surface area contributed by atoms with Crippen LogP contribution in [0.5, 0.6) is 0 Å². The van der Waals surface area contributed by atoms with Crippen LogP contribution in [0.3, 0.4) is 0 Å². The van der Waals surface area contributed by atoms with Gasteiger partial charge in [-0.05, 0) is 48.6 Å². The second-order valence-corrected chi connectivity index (χ2v) is 3.77. The van der Waals surface area contributed by atoms with Crippen LogP contribution in [0.4, 0.5) is 0 Å². The summed E-state index contributed by atoms with van der Waals surface area (Å²) in [5.41, 5.74) is 6.14. The van der Waals surface area contributed by atoms with Crippen molar-refractivity contribution in [2.75, 3.05) is 6.54 Å². The van der Waals surface area contributed by atoms with E-state index in [0.29, 0.717) is 0 Å². The van der Waals surface area contributed by atoms with Crippen molar-refractivity contribution in [3.05, 3.63) is 34.4 Å². The smallest absolute Gasteiger partial charge is 0.0208 e. The van der Waals surface area contributed by atoms with Crippen LogP contribution in [0.1, 0.15) is 29.2 Å². The molecular weight excluding hydrogens is 158 g/mol. The molecule has 13 heavy (non-hydrogen) atoms. The lowest BCUT2D eigenvalue weighted by Gasteiger charge is -2.20. The Labute approximate surface area is 80.2 Å². The van der Waals surface area contributed by atoms with Crippen molar-refractivity contribution in [1.29, 1.82) is 0 Å². The Hall–Kier alpha value is -0.820. The highest BCUT2D eigenvalue weighted by Gasteiger charge is 2.11. The van der Waals surface area contributed by atoms with E-state index in [1.807, 2.05) is 0 Å². The van der Waals surface area contributed by atoms with Crippen LogP contribution < -0.4 is 5.32 Å². The summed E-state index contributed by atoms with van der Waals surface area (Å²) < 4.78 is 0. The molecule has 1 aliphatic rings. The average Bonchev–Trinajstić information content (AvgIpc) is 2.19. The predicted octanol–water partition coefficient (Wildman–Crippen LogP) is 2.20. The fraction of sp³-hybridized carbons (Fsp3) is 0.500. The Kier molecular flexibility index (Phi) is 2.36. The molecule has 0 unspecified atom stereocenters. The van der Waals surface area contributed by atoms with Gasteiger partial charge in [0.1, 0.15) is 0 Å². The van der Waals surface area contributed by atoms with Crippen molar-refractivity contribution in [3.8, 4) is 0 Å². The lowest BCUT2D eigenvalue weighted by molar-refractivity contribution is 0.640. The summed E-state index contributed by atoms with van der Waals surface area (Å²) >= 11 is 0.